The molecule has 3 amide bonds. The summed E-state index contributed by atoms with van der Waals surface area (Å²) < 4.78 is 23.9. The van der Waals surface area contributed by atoms with Crippen LogP contribution in [0.5, 0.6) is 0 Å². The van der Waals surface area contributed by atoms with Crippen molar-refractivity contribution in [2.45, 2.75) is 51.7 Å². The average Bonchev–Trinajstić information content (AvgIpc) is 3.23. The number of carbonyl (C=O) groups excluding carboxylic acids is 3. The molecule has 1 atom stereocenters. The van der Waals surface area contributed by atoms with Crippen LogP contribution < -0.4 is 10.6 Å². The number of furan rings is 1. The molecular weight excluding hydrogens is 355 g/mol. The van der Waals surface area contributed by atoms with Gasteiger partial charge in [0.2, 0.25) is 5.76 Å². The fourth-order valence-corrected chi connectivity index (χ4v) is 3.16. The number of urea groups is 1. The van der Waals surface area contributed by atoms with Gasteiger partial charge in [0.1, 0.15) is 11.4 Å². The topological polar surface area (TPSA) is 97.6 Å². The molecular formula is C19H21FN2O5. The molecule has 144 valence electrons. The summed E-state index contributed by atoms with van der Waals surface area (Å²) >= 11 is 0. The van der Waals surface area contributed by atoms with Crippen LogP contribution in [0.1, 0.15) is 48.7 Å². The molecule has 1 heterocycles. The summed E-state index contributed by atoms with van der Waals surface area (Å²) in [5.74, 6) is -2.15. The van der Waals surface area contributed by atoms with Gasteiger partial charge in [-0.05, 0) is 44.9 Å². The van der Waals surface area contributed by atoms with Crippen molar-refractivity contribution >= 4 is 28.9 Å². The number of esters is 1. The third-order valence-electron chi connectivity index (χ3n) is 4.66. The van der Waals surface area contributed by atoms with Crippen molar-refractivity contribution in [2.24, 2.45) is 0 Å². The summed E-state index contributed by atoms with van der Waals surface area (Å²) in [4.78, 5) is 36.2. The molecule has 1 aromatic carbocycles. The fourth-order valence-electron chi connectivity index (χ4n) is 3.16. The van der Waals surface area contributed by atoms with E-state index in [1.165, 1.54) is 25.1 Å². The minimum Gasteiger partial charge on any atom is -0.449 e. The first-order valence-corrected chi connectivity index (χ1v) is 8.86. The predicted molar refractivity (Wildman–Crippen MR) is 94.7 cm³/mol. The number of halogens is 1. The molecule has 0 spiro atoms. The van der Waals surface area contributed by atoms with E-state index in [9.17, 15) is 18.8 Å². The zero-order valence-corrected chi connectivity index (χ0v) is 15.1. The monoisotopic (exact) mass is 376 g/mol. The Bertz CT molecular complexity index is 886. The Morgan fingerprint density at radius 3 is 2.67 bits per heavy atom. The zero-order chi connectivity index (χ0) is 19.6. The predicted octanol–water partition coefficient (Wildman–Crippen LogP) is 3.19. The van der Waals surface area contributed by atoms with Gasteiger partial charge in [0.05, 0.1) is 0 Å². The Morgan fingerprint density at radius 1 is 1.26 bits per heavy atom. The highest BCUT2D eigenvalue weighted by molar-refractivity contribution is 6.00. The van der Waals surface area contributed by atoms with E-state index in [0.29, 0.717) is 16.5 Å². The van der Waals surface area contributed by atoms with Gasteiger partial charge in [-0.3, -0.25) is 10.1 Å². The summed E-state index contributed by atoms with van der Waals surface area (Å²) in [6.45, 7) is 2.95. The summed E-state index contributed by atoms with van der Waals surface area (Å²) in [6.07, 6.45) is 2.67. The quantitative estimate of drug-likeness (QED) is 0.799. The van der Waals surface area contributed by atoms with Crippen molar-refractivity contribution in [1.29, 1.82) is 0 Å². The highest BCUT2D eigenvalue weighted by Crippen LogP contribution is 2.26. The number of amides is 3. The van der Waals surface area contributed by atoms with E-state index in [4.69, 9.17) is 9.15 Å². The van der Waals surface area contributed by atoms with Crippen molar-refractivity contribution in [2.75, 3.05) is 0 Å². The number of nitrogens with one attached hydrogen (secondary N) is 2. The van der Waals surface area contributed by atoms with E-state index in [-0.39, 0.29) is 11.8 Å². The summed E-state index contributed by atoms with van der Waals surface area (Å²) in [5, 5.41) is 5.34. The number of ether oxygens (including phenoxy) is 1. The molecule has 1 aliphatic rings. The Kier molecular flexibility index (Phi) is 5.43. The Hall–Kier alpha value is -2.90. The molecule has 1 fully saturated rings. The number of aryl methyl sites for hydroxylation is 1. The van der Waals surface area contributed by atoms with Crippen molar-refractivity contribution < 1.29 is 27.9 Å². The van der Waals surface area contributed by atoms with Gasteiger partial charge in [-0.1, -0.05) is 12.8 Å². The smallest absolute Gasteiger partial charge is 0.375 e. The first-order chi connectivity index (χ1) is 12.8. The number of carbonyl (C=O) groups is 3. The Labute approximate surface area is 155 Å². The van der Waals surface area contributed by atoms with E-state index >= 15 is 0 Å². The molecule has 2 aromatic rings. The second-order valence-corrected chi connectivity index (χ2v) is 6.69. The van der Waals surface area contributed by atoms with Gasteiger partial charge < -0.3 is 14.5 Å². The zero-order valence-electron chi connectivity index (χ0n) is 15.1. The lowest BCUT2D eigenvalue weighted by molar-refractivity contribution is -0.128. The second-order valence-electron chi connectivity index (χ2n) is 6.69. The minimum atomic E-state index is -1.20. The first-order valence-electron chi connectivity index (χ1n) is 8.86. The molecule has 1 aromatic heterocycles. The molecule has 1 aliphatic carbocycles. The van der Waals surface area contributed by atoms with Crippen molar-refractivity contribution in [3.8, 4) is 0 Å². The van der Waals surface area contributed by atoms with Gasteiger partial charge in [0, 0.05) is 17.0 Å². The van der Waals surface area contributed by atoms with Crippen LogP contribution in [0.3, 0.4) is 0 Å². The maximum Gasteiger partial charge on any atom is 0.375 e. The van der Waals surface area contributed by atoms with Crippen LogP contribution in [-0.4, -0.2) is 30.1 Å². The third kappa shape index (κ3) is 4.27. The largest absolute Gasteiger partial charge is 0.449 e. The molecule has 27 heavy (non-hydrogen) atoms. The van der Waals surface area contributed by atoms with Gasteiger partial charge in [-0.2, -0.15) is 0 Å². The lowest BCUT2D eigenvalue weighted by atomic mass is 10.1. The molecule has 8 heteroatoms. The molecule has 2 N–H and O–H groups in total. The van der Waals surface area contributed by atoms with Gasteiger partial charge in [0.25, 0.3) is 5.91 Å². The van der Waals surface area contributed by atoms with Gasteiger partial charge >= 0.3 is 12.0 Å². The van der Waals surface area contributed by atoms with Crippen LogP contribution in [0.15, 0.2) is 22.6 Å². The summed E-state index contributed by atoms with van der Waals surface area (Å²) in [5.41, 5.74) is 0.759. The van der Waals surface area contributed by atoms with Gasteiger partial charge in [-0.15, -0.1) is 0 Å². The molecule has 3 rings (SSSR count). The molecule has 1 saturated carbocycles. The highest BCUT2D eigenvalue weighted by Gasteiger charge is 2.26. The van der Waals surface area contributed by atoms with Crippen LogP contribution in [-0.2, 0) is 9.53 Å². The number of fused-ring (bicyclic) bond motifs is 1. The minimum absolute atomic E-state index is 0.0641. The van der Waals surface area contributed by atoms with Gasteiger partial charge in [-0.25, -0.2) is 14.0 Å². The SMILES string of the molecule is Cc1c(C(=O)O[C@@H](C)C(=O)NC(=O)NC2CCCC2)oc2ccc(F)cc12. The van der Waals surface area contributed by atoms with Crippen molar-refractivity contribution in [1.82, 2.24) is 10.6 Å². The number of imide groups is 1. The normalized spacial score (nSPS) is 15.5. The summed E-state index contributed by atoms with van der Waals surface area (Å²) in [7, 11) is 0. The van der Waals surface area contributed by atoms with E-state index in [1.807, 2.05) is 0 Å². The molecule has 0 saturated heterocycles. The van der Waals surface area contributed by atoms with Crippen molar-refractivity contribution in [3.63, 3.8) is 0 Å². The standard InChI is InChI=1S/C19H21FN2O5/c1-10-14-9-12(20)7-8-15(14)27-16(10)18(24)26-11(2)17(23)22-19(25)21-13-5-3-4-6-13/h7-9,11,13H,3-6H2,1-2H3,(H2,21,22,23,25)/t11-/m0/s1. The Morgan fingerprint density at radius 2 is 1.96 bits per heavy atom. The van der Waals surface area contributed by atoms with E-state index in [0.717, 1.165) is 25.7 Å². The second kappa shape index (κ2) is 7.77. The molecule has 0 radical (unpaired) electrons. The maximum absolute atomic E-state index is 13.4. The third-order valence-corrected chi connectivity index (χ3v) is 4.66. The van der Waals surface area contributed by atoms with E-state index in [1.54, 1.807) is 6.92 Å². The number of benzene rings is 1. The molecule has 0 unspecified atom stereocenters. The van der Waals surface area contributed by atoms with Crippen LogP contribution in [0.2, 0.25) is 0 Å². The molecule has 7 nitrogen and oxygen atoms in total. The maximum atomic E-state index is 13.4. The van der Waals surface area contributed by atoms with Crippen LogP contribution in [0, 0.1) is 12.7 Å². The number of hydrogen-bond acceptors (Lipinski definition) is 5. The molecule has 0 bridgehead atoms. The van der Waals surface area contributed by atoms with Crippen LogP contribution >= 0.6 is 0 Å². The lowest BCUT2D eigenvalue weighted by Gasteiger charge is -2.15. The van der Waals surface area contributed by atoms with Crippen LogP contribution in [0.25, 0.3) is 11.0 Å². The fraction of sp³-hybridized carbons (Fsp3) is 0.421. The summed E-state index contributed by atoms with van der Waals surface area (Å²) in [6, 6.07) is 3.35. The van der Waals surface area contributed by atoms with E-state index in [2.05, 4.69) is 10.6 Å². The van der Waals surface area contributed by atoms with Crippen LogP contribution in [0.4, 0.5) is 9.18 Å². The number of hydrogen-bond donors (Lipinski definition) is 2. The van der Waals surface area contributed by atoms with E-state index < -0.39 is 29.8 Å². The number of rotatable bonds is 4. The Balaban J connectivity index is 1.60. The van der Waals surface area contributed by atoms with Crippen molar-refractivity contribution in [3.05, 3.63) is 35.3 Å². The molecule has 0 aliphatic heterocycles. The van der Waals surface area contributed by atoms with Gasteiger partial charge in [0.15, 0.2) is 6.10 Å². The average molecular weight is 376 g/mol. The first kappa shape index (κ1) is 18.9. The lowest BCUT2D eigenvalue weighted by Crippen LogP contribution is -2.47. The highest BCUT2D eigenvalue weighted by atomic mass is 19.1.